The summed E-state index contributed by atoms with van der Waals surface area (Å²) in [5.41, 5.74) is 0.231. The van der Waals surface area contributed by atoms with Gasteiger partial charge in [-0.25, -0.2) is 0 Å². The predicted molar refractivity (Wildman–Crippen MR) is 96.2 cm³/mol. The van der Waals surface area contributed by atoms with Gasteiger partial charge in [0.15, 0.2) is 0 Å². The molecule has 1 aromatic heterocycles. The molecule has 0 aromatic carbocycles. The van der Waals surface area contributed by atoms with Crippen molar-refractivity contribution >= 4 is 17.3 Å². The van der Waals surface area contributed by atoms with Gasteiger partial charge in [0.2, 0.25) is 0 Å². The second kappa shape index (κ2) is 7.77. The van der Waals surface area contributed by atoms with E-state index in [0.717, 1.165) is 39.0 Å². The number of rotatable bonds is 6. The molecule has 1 aliphatic rings. The highest BCUT2D eigenvalue weighted by Gasteiger charge is 2.25. The monoisotopic (exact) mass is 338 g/mol. The fourth-order valence-electron chi connectivity index (χ4n) is 3.20. The van der Waals surface area contributed by atoms with Gasteiger partial charge in [-0.2, -0.15) is 0 Å². The normalized spacial score (nSPS) is 17.8. The largest absolute Gasteiger partial charge is 0.480 e. The summed E-state index contributed by atoms with van der Waals surface area (Å²) in [6.07, 6.45) is 2.14. The molecule has 1 aromatic rings. The Hall–Kier alpha value is -0.910. The van der Waals surface area contributed by atoms with Gasteiger partial charge >= 0.3 is 5.97 Å². The molecule has 1 fully saturated rings. The maximum Gasteiger partial charge on any atom is 0.317 e. The van der Waals surface area contributed by atoms with Gasteiger partial charge in [-0.3, -0.25) is 14.6 Å². The van der Waals surface area contributed by atoms with E-state index in [0.29, 0.717) is 6.04 Å². The Morgan fingerprint density at radius 1 is 1.35 bits per heavy atom. The zero-order chi connectivity index (χ0) is 17.0. The number of hydrogen-bond acceptors (Lipinski definition) is 4. The zero-order valence-corrected chi connectivity index (χ0v) is 15.7. The van der Waals surface area contributed by atoms with Crippen molar-refractivity contribution in [1.82, 2.24) is 9.80 Å². The molecule has 2 rings (SSSR count). The lowest BCUT2D eigenvalue weighted by atomic mass is 9.95. The Kier molecular flexibility index (Phi) is 6.23. The van der Waals surface area contributed by atoms with E-state index in [-0.39, 0.29) is 12.0 Å². The van der Waals surface area contributed by atoms with Crippen LogP contribution < -0.4 is 0 Å². The number of likely N-dealkylation sites (tertiary alicyclic amines) is 1. The molecule has 0 saturated carbocycles. The summed E-state index contributed by atoms with van der Waals surface area (Å²) in [6.45, 7) is 13.0. The molecular formula is C18H30N2O2S. The molecule has 0 amide bonds. The molecule has 130 valence electrons. The highest BCUT2D eigenvalue weighted by Crippen LogP contribution is 2.30. The number of hydrogen-bond donors (Lipinski definition) is 1. The van der Waals surface area contributed by atoms with Gasteiger partial charge in [0.25, 0.3) is 0 Å². The lowest BCUT2D eigenvalue weighted by Crippen LogP contribution is -2.46. The lowest BCUT2D eigenvalue weighted by Gasteiger charge is -2.37. The molecule has 0 radical (unpaired) electrons. The zero-order valence-electron chi connectivity index (χ0n) is 14.8. The first-order valence-electron chi connectivity index (χ1n) is 8.57. The second-order valence-corrected chi connectivity index (χ2v) is 8.65. The minimum absolute atomic E-state index is 0.168. The van der Waals surface area contributed by atoms with E-state index in [2.05, 4.69) is 49.6 Å². The van der Waals surface area contributed by atoms with Gasteiger partial charge in [-0.1, -0.05) is 27.7 Å². The Morgan fingerprint density at radius 2 is 2.00 bits per heavy atom. The molecule has 2 heterocycles. The molecular weight excluding hydrogens is 308 g/mol. The molecule has 0 atom stereocenters. The van der Waals surface area contributed by atoms with Crippen molar-refractivity contribution in [2.45, 2.75) is 58.5 Å². The van der Waals surface area contributed by atoms with Crippen LogP contribution in [0.4, 0.5) is 0 Å². The summed E-state index contributed by atoms with van der Waals surface area (Å²) >= 11 is 1.92. The van der Waals surface area contributed by atoms with Crippen LogP contribution in [0, 0.1) is 0 Å². The highest BCUT2D eigenvalue weighted by atomic mass is 32.1. The van der Waals surface area contributed by atoms with Gasteiger partial charge in [0, 0.05) is 35.4 Å². The molecule has 23 heavy (non-hydrogen) atoms. The average molecular weight is 339 g/mol. The summed E-state index contributed by atoms with van der Waals surface area (Å²) < 4.78 is 0. The van der Waals surface area contributed by atoms with Crippen molar-refractivity contribution in [3.63, 3.8) is 0 Å². The highest BCUT2D eigenvalue weighted by molar-refractivity contribution is 7.12. The van der Waals surface area contributed by atoms with E-state index in [4.69, 9.17) is 5.11 Å². The van der Waals surface area contributed by atoms with Crippen molar-refractivity contribution in [3.8, 4) is 0 Å². The van der Waals surface area contributed by atoms with Gasteiger partial charge in [-0.05, 0) is 36.9 Å². The van der Waals surface area contributed by atoms with E-state index in [9.17, 15) is 4.79 Å². The molecule has 1 saturated heterocycles. The van der Waals surface area contributed by atoms with Crippen LogP contribution in [0.5, 0.6) is 0 Å². The van der Waals surface area contributed by atoms with E-state index in [1.165, 1.54) is 9.75 Å². The molecule has 0 aliphatic carbocycles. The van der Waals surface area contributed by atoms with Gasteiger partial charge < -0.3 is 5.11 Å². The van der Waals surface area contributed by atoms with Crippen molar-refractivity contribution in [2.75, 3.05) is 26.2 Å². The van der Waals surface area contributed by atoms with Gasteiger partial charge in [-0.15, -0.1) is 11.3 Å². The number of carboxylic acid groups (broad SMARTS) is 1. The van der Waals surface area contributed by atoms with Crippen LogP contribution in [0.15, 0.2) is 12.1 Å². The Balaban J connectivity index is 1.85. The quantitative estimate of drug-likeness (QED) is 0.863. The van der Waals surface area contributed by atoms with Gasteiger partial charge in [0.05, 0.1) is 6.54 Å². The van der Waals surface area contributed by atoms with Gasteiger partial charge in [0.1, 0.15) is 0 Å². The molecule has 1 N–H and O–H groups in total. The number of carboxylic acids is 1. The van der Waals surface area contributed by atoms with E-state index >= 15 is 0 Å². The van der Waals surface area contributed by atoms with Crippen LogP contribution in [0.1, 0.15) is 50.3 Å². The maximum atomic E-state index is 10.9. The van der Waals surface area contributed by atoms with Crippen molar-refractivity contribution in [2.24, 2.45) is 0 Å². The molecule has 0 unspecified atom stereocenters. The van der Waals surface area contributed by atoms with E-state index in [1.807, 2.05) is 11.3 Å². The summed E-state index contributed by atoms with van der Waals surface area (Å²) in [6, 6.07) is 4.94. The minimum Gasteiger partial charge on any atom is -0.480 e. The average Bonchev–Trinajstić information content (AvgIpc) is 2.94. The Bertz CT molecular complexity index is 513. The van der Waals surface area contributed by atoms with Crippen molar-refractivity contribution in [1.29, 1.82) is 0 Å². The van der Waals surface area contributed by atoms with Crippen LogP contribution in [-0.2, 0) is 16.8 Å². The van der Waals surface area contributed by atoms with Crippen LogP contribution >= 0.6 is 11.3 Å². The number of aliphatic carboxylic acids is 1. The summed E-state index contributed by atoms with van der Waals surface area (Å²) in [5.74, 6) is -0.720. The summed E-state index contributed by atoms with van der Waals surface area (Å²) in [5, 5.41) is 9.01. The fraction of sp³-hybridized carbons (Fsp3) is 0.722. The third-order valence-electron chi connectivity index (χ3n) is 4.60. The third-order valence-corrected chi connectivity index (χ3v) is 6.09. The molecule has 5 heteroatoms. The third kappa shape index (κ3) is 5.30. The van der Waals surface area contributed by atoms with Crippen molar-refractivity contribution in [3.05, 3.63) is 21.9 Å². The van der Waals surface area contributed by atoms with Crippen LogP contribution in [0.3, 0.4) is 0 Å². The topological polar surface area (TPSA) is 43.8 Å². The number of carbonyl (C=O) groups is 1. The number of piperidine rings is 1. The Morgan fingerprint density at radius 3 is 2.48 bits per heavy atom. The fourth-order valence-corrected chi connectivity index (χ4v) is 4.31. The SMILES string of the molecule is CCN(CC(=O)O)C1CCN(Cc2ccc(C(C)(C)C)s2)CC1. The predicted octanol–water partition coefficient (Wildman–Crippen LogP) is 3.42. The van der Waals surface area contributed by atoms with Crippen LogP contribution in [-0.4, -0.2) is 53.1 Å². The maximum absolute atomic E-state index is 10.9. The lowest BCUT2D eigenvalue weighted by molar-refractivity contribution is -0.139. The van der Waals surface area contributed by atoms with E-state index < -0.39 is 5.97 Å². The number of nitrogens with zero attached hydrogens (tertiary/aromatic N) is 2. The smallest absolute Gasteiger partial charge is 0.317 e. The first-order valence-corrected chi connectivity index (χ1v) is 9.38. The van der Waals surface area contributed by atoms with E-state index in [1.54, 1.807) is 0 Å². The minimum atomic E-state index is -0.720. The van der Waals surface area contributed by atoms with Crippen LogP contribution in [0.25, 0.3) is 0 Å². The molecule has 0 spiro atoms. The summed E-state index contributed by atoms with van der Waals surface area (Å²) in [4.78, 5) is 18.4. The summed E-state index contributed by atoms with van der Waals surface area (Å²) in [7, 11) is 0. The molecule has 4 nitrogen and oxygen atoms in total. The van der Waals surface area contributed by atoms with Crippen molar-refractivity contribution < 1.29 is 9.90 Å². The number of thiophene rings is 1. The number of likely N-dealkylation sites (N-methyl/N-ethyl adjacent to an activating group) is 1. The molecule has 0 bridgehead atoms. The van der Waals surface area contributed by atoms with Crippen LogP contribution in [0.2, 0.25) is 0 Å². The second-order valence-electron chi connectivity index (χ2n) is 7.48. The first-order chi connectivity index (χ1) is 10.8. The standard InChI is InChI=1S/C18H30N2O2S/c1-5-20(13-17(21)22)14-8-10-19(11-9-14)12-15-6-7-16(23-15)18(2,3)4/h6-7,14H,5,8-13H2,1-4H3,(H,21,22). The first kappa shape index (κ1) is 18.4. The molecule has 1 aliphatic heterocycles. The Labute approximate surface area is 144 Å².